The molecule has 228 valence electrons. The zero-order valence-electron chi connectivity index (χ0n) is 25.0. The average Bonchev–Trinajstić information content (AvgIpc) is 3.03. The topological polar surface area (TPSA) is 95.6 Å². The molecule has 1 atom stereocenters. The molecule has 0 aliphatic heterocycles. The van der Waals surface area contributed by atoms with E-state index in [1.165, 1.54) is 18.4 Å². The van der Waals surface area contributed by atoms with Gasteiger partial charge in [0.2, 0.25) is 21.8 Å². The summed E-state index contributed by atoms with van der Waals surface area (Å²) in [6.45, 7) is 2.91. The Morgan fingerprint density at radius 2 is 1.51 bits per heavy atom. The molecule has 0 saturated heterocycles. The van der Waals surface area contributed by atoms with Gasteiger partial charge in [-0.3, -0.25) is 9.59 Å². The highest BCUT2D eigenvalue weighted by Gasteiger charge is 2.30. The van der Waals surface area contributed by atoms with E-state index in [4.69, 9.17) is 0 Å². The first-order valence-corrected chi connectivity index (χ1v) is 16.8. The van der Waals surface area contributed by atoms with Crippen molar-refractivity contribution in [3.63, 3.8) is 0 Å². The van der Waals surface area contributed by atoms with Crippen molar-refractivity contribution in [2.45, 2.75) is 75.8 Å². The molecular formula is C35H43N3O4S. The van der Waals surface area contributed by atoms with Crippen molar-refractivity contribution in [3.8, 4) is 0 Å². The van der Waals surface area contributed by atoms with Gasteiger partial charge in [0.05, 0.1) is 4.90 Å². The molecule has 0 aromatic heterocycles. The second kappa shape index (κ2) is 16.2. The summed E-state index contributed by atoms with van der Waals surface area (Å²) < 4.78 is 27.1. The van der Waals surface area contributed by atoms with E-state index < -0.39 is 16.1 Å². The molecule has 2 amide bonds. The summed E-state index contributed by atoms with van der Waals surface area (Å²) in [6, 6.07) is 25.5. The third-order valence-corrected chi connectivity index (χ3v) is 9.35. The lowest BCUT2D eigenvalue weighted by atomic mass is 9.97. The number of nitrogens with zero attached hydrogens (tertiary/aromatic N) is 1. The highest BCUT2D eigenvalue weighted by molar-refractivity contribution is 7.89. The Hall–Kier alpha value is -3.75. The maximum absolute atomic E-state index is 13.9. The molecule has 1 aliphatic rings. The number of amides is 2. The molecule has 0 fully saturated rings. The Morgan fingerprint density at radius 3 is 2.14 bits per heavy atom. The lowest BCUT2D eigenvalue weighted by molar-refractivity contribution is -0.141. The molecule has 2 N–H and O–H groups in total. The number of sulfonamides is 1. The predicted octanol–water partition coefficient (Wildman–Crippen LogP) is 5.56. The highest BCUT2D eigenvalue weighted by atomic mass is 32.2. The van der Waals surface area contributed by atoms with Gasteiger partial charge in [0, 0.05) is 32.5 Å². The molecule has 0 radical (unpaired) electrons. The molecule has 7 nitrogen and oxygen atoms in total. The van der Waals surface area contributed by atoms with Gasteiger partial charge in [0.15, 0.2) is 0 Å². The van der Waals surface area contributed by atoms with Gasteiger partial charge in [-0.1, -0.05) is 91.4 Å². The number of hydrogen-bond donors (Lipinski definition) is 2. The molecule has 3 aromatic carbocycles. The van der Waals surface area contributed by atoms with Gasteiger partial charge in [0.1, 0.15) is 6.04 Å². The minimum atomic E-state index is -3.55. The van der Waals surface area contributed by atoms with Gasteiger partial charge in [-0.15, -0.1) is 0 Å². The van der Waals surface area contributed by atoms with E-state index >= 15 is 0 Å². The minimum absolute atomic E-state index is 0.126. The standard InChI is InChI=1S/C35H43N3O4S/c1-2-37-43(41,42)32-21-18-29(19-22-32)20-23-34(39)38(27-31-16-10-5-11-17-31)33(26-30-14-8-4-9-15-30)35(40)36-25-24-28-12-6-3-7-13-28/h4-5,8-12,14-19,21-22,33,37H,2-3,6-7,13,20,23-27H2,1H3,(H,36,40). The van der Waals surface area contributed by atoms with Crippen molar-refractivity contribution in [1.29, 1.82) is 0 Å². The van der Waals surface area contributed by atoms with Gasteiger partial charge < -0.3 is 10.2 Å². The summed E-state index contributed by atoms with van der Waals surface area (Å²) >= 11 is 0. The Kier molecular flexibility index (Phi) is 12.1. The summed E-state index contributed by atoms with van der Waals surface area (Å²) in [5.74, 6) is -0.276. The van der Waals surface area contributed by atoms with Crippen LogP contribution in [-0.2, 0) is 39.0 Å². The SMILES string of the molecule is CCNS(=O)(=O)c1ccc(CCC(=O)N(Cc2ccccc2)C(Cc2ccccc2)C(=O)NCCC2=CCCCC2)cc1. The molecule has 1 aliphatic carbocycles. The van der Waals surface area contributed by atoms with Crippen molar-refractivity contribution < 1.29 is 18.0 Å². The van der Waals surface area contributed by atoms with Crippen LogP contribution in [0.25, 0.3) is 0 Å². The number of benzene rings is 3. The van der Waals surface area contributed by atoms with Crippen molar-refractivity contribution >= 4 is 21.8 Å². The third-order valence-electron chi connectivity index (χ3n) is 7.79. The van der Waals surface area contributed by atoms with Crippen molar-refractivity contribution in [3.05, 3.63) is 113 Å². The second-order valence-corrected chi connectivity index (χ2v) is 12.8. The smallest absolute Gasteiger partial charge is 0.243 e. The third kappa shape index (κ3) is 9.90. The number of carbonyl (C=O) groups is 2. The fraction of sp³-hybridized carbons (Fsp3) is 0.371. The van der Waals surface area contributed by atoms with Crippen LogP contribution in [-0.4, -0.2) is 44.3 Å². The fourth-order valence-corrected chi connectivity index (χ4v) is 6.47. The molecule has 0 saturated carbocycles. The Morgan fingerprint density at radius 1 is 0.837 bits per heavy atom. The molecule has 0 spiro atoms. The zero-order valence-corrected chi connectivity index (χ0v) is 25.8. The Labute approximate surface area is 256 Å². The molecule has 4 rings (SSSR count). The number of hydrogen-bond acceptors (Lipinski definition) is 4. The van der Waals surface area contributed by atoms with E-state index in [1.807, 2.05) is 60.7 Å². The predicted molar refractivity (Wildman–Crippen MR) is 171 cm³/mol. The van der Waals surface area contributed by atoms with Gasteiger partial charge in [0.25, 0.3) is 0 Å². The molecule has 0 heterocycles. The zero-order chi connectivity index (χ0) is 30.5. The number of allylic oxidation sites excluding steroid dienone is 1. The molecule has 43 heavy (non-hydrogen) atoms. The van der Waals surface area contributed by atoms with Gasteiger partial charge in [-0.2, -0.15) is 0 Å². The monoisotopic (exact) mass is 601 g/mol. The normalized spacial score (nSPS) is 14.0. The lowest BCUT2D eigenvalue weighted by Gasteiger charge is -2.32. The Bertz CT molecular complexity index is 1460. The maximum Gasteiger partial charge on any atom is 0.243 e. The van der Waals surface area contributed by atoms with Crippen LogP contribution < -0.4 is 10.0 Å². The van der Waals surface area contributed by atoms with Gasteiger partial charge >= 0.3 is 0 Å². The van der Waals surface area contributed by atoms with Crippen LogP contribution in [0.2, 0.25) is 0 Å². The lowest BCUT2D eigenvalue weighted by Crippen LogP contribution is -2.50. The summed E-state index contributed by atoms with van der Waals surface area (Å²) in [5.41, 5.74) is 4.19. The van der Waals surface area contributed by atoms with E-state index in [0.717, 1.165) is 36.0 Å². The van der Waals surface area contributed by atoms with Crippen LogP contribution in [0.5, 0.6) is 0 Å². The largest absolute Gasteiger partial charge is 0.354 e. The van der Waals surface area contributed by atoms with E-state index in [0.29, 0.717) is 32.5 Å². The van der Waals surface area contributed by atoms with Crippen LogP contribution in [0.1, 0.15) is 62.1 Å². The summed E-state index contributed by atoms with van der Waals surface area (Å²) in [5, 5.41) is 3.14. The van der Waals surface area contributed by atoms with Crippen LogP contribution in [0.3, 0.4) is 0 Å². The fourth-order valence-electron chi connectivity index (χ4n) is 5.43. The first-order valence-electron chi connectivity index (χ1n) is 15.3. The van der Waals surface area contributed by atoms with E-state index in [1.54, 1.807) is 36.1 Å². The highest BCUT2D eigenvalue weighted by Crippen LogP contribution is 2.21. The number of rotatable bonds is 15. The molecule has 0 bridgehead atoms. The maximum atomic E-state index is 13.9. The number of carbonyl (C=O) groups excluding carboxylic acids is 2. The molecule has 3 aromatic rings. The van der Waals surface area contributed by atoms with Crippen LogP contribution in [0, 0.1) is 0 Å². The molecule has 8 heteroatoms. The molecule has 1 unspecified atom stereocenters. The number of aryl methyl sites for hydroxylation is 1. The molecular weight excluding hydrogens is 558 g/mol. The van der Waals surface area contributed by atoms with Crippen LogP contribution >= 0.6 is 0 Å². The first-order chi connectivity index (χ1) is 20.9. The van der Waals surface area contributed by atoms with E-state index in [9.17, 15) is 18.0 Å². The van der Waals surface area contributed by atoms with Gasteiger partial charge in [-0.25, -0.2) is 13.1 Å². The summed E-state index contributed by atoms with van der Waals surface area (Å²) in [4.78, 5) is 29.6. The summed E-state index contributed by atoms with van der Waals surface area (Å²) in [7, 11) is -3.55. The van der Waals surface area contributed by atoms with Crippen molar-refractivity contribution in [1.82, 2.24) is 14.9 Å². The van der Waals surface area contributed by atoms with Crippen LogP contribution in [0.15, 0.2) is 101 Å². The van der Waals surface area contributed by atoms with Gasteiger partial charge in [-0.05, 0) is 67.3 Å². The Balaban J connectivity index is 1.52. The quantitative estimate of drug-likeness (QED) is 0.223. The second-order valence-electron chi connectivity index (χ2n) is 11.0. The van der Waals surface area contributed by atoms with Crippen LogP contribution in [0.4, 0.5) is 0 Å². The van der Waals surface area contributed by atoms with E-state index in [2.05, 4.69) is 16.1 Å². The van der Waals surface area contributed by atoms with Crippen molar-refractivity contribution in [2.75, 3.05) is 13.1 Å². The van der Waals surface area contributed by atoms with Crippen molar-refractivity contribution in [2.24, 2.45) is 0 Å². The first kappa shape index (κ1) is 32.2. The van der Waals surface area contributed by atoms with E-state index in [-0.39, 0.29) is 23.1 Å². The number of nitrogens with one attached hydrogen (secondary N) is 2. The minimum Gasteiger partial charge on any atom is -0.354 e. The summed E-state index contributed by atoms with van der Waals surface area (Å²) in [6.07, 6.45) is 8.77. The average molecular weight is 602 g/mol.